The zero-order chi connectivity index (χ0) is 11.8. The number of para-hydroxylation sites is 1. The summed E-state index contributed by atoms with van der Waals surface area (Å²) in [7, 11) is 0. The lowest BCUT2D eigenvalue weighted by molar-refractivity contribution is 0.198. The molecule has 1 N–H and O–H groups in total. The highest BCUT2D eigenvalue weighted by Gasteiger charge is 2.23. The summed E-state index contributed by atoms with van der Waals surface area (Å²) in [5, 5.41) is 10.6. The number of nitrogens with zero attached hydrogens (tertiary/aromatic N) is 2. The third-order valence-corrected chi connectivity index (χ3v) is 4.39. The highest BCUT2D eigenvalue weighted by atomic mass is 32.1. The first-order valence-electron chi connectivity index (χ1n) is 6.09. The monoisotopic (exact) mass is 248 g/mol. The second kappa shape index (κ2) is 4.27. The SMILES string of the molecule is CCc1cccc2sc(N3CCC(O)C3)nc12. The van der Waals surface area contributed by atoms with Gasteiger partial charge in [0.1, 0.15) is 0 Å². The van der Waals surface area contributed by atoms with E-state index in [2.05, 4.69) is 30.0 Å². The number of β-amino-alcohol motifs (C(OH)–C–C–N with tert-alkyl or cyclic N) is 1. The second-order valence-electron chi connectivity index (χ2n) is 4.50. The van der Waals surface area contributed by atoms with Gasteiger partial charge in [-0.3, -0.25) is 0 Å². The van der Waals surface area contributed by atoms with E-state index in [4.69, 9.17) is 4.98 Å². The van der Waals surface area contributed by atoms with Crippen molar-refractivity contribution in [3.8, 4) is 0 Å². The maximum absolute atomic E-state index is 9.57. The van der Waals surface area contributed by atoms with Gasteiger partial charge in [0.05, 0.1) is 16.3 Å². The van der Waals surface area contributed by atoms with Crippen LogP contribution in [0.5, 0.6) is 0 Å². The standard InChI is InChI=1S/C13H16N2OS/c1-2-9-4-3-5-11-12(9)14-13(17-11)15-7-6-10(16)8-15/h3-5,10,16H,2,6-8H2,1H3. The minimum Gasteiger partial charge on any atom is -0.391 e. The number of hydrogen-bond donors (Lipinski definition) is 1. The molecule has 2 aromatic rings. The van der Waals surface area contributed by atoms with Crippen LogP contribution in [-0.2, 0) is 6.42 Å². The molecule has 0 aliphatic carbocycles. The summed E-state index contributed by atoms with van der Waals surface area (Å²) in [6.45, 7) is 3.80. The topological polar surface area (TPSA) is 36.4 Å². The number of aromatic nitrogens is 1. The molecule has 1 aromatic heterocycles. The van der Waals surface area contributed by atoms with Crippen molar-refractivity contribution in [1.82, 2.24) is 4.98 Å². The number of aryl methyl sites for hydroxylation is 1. The van der Waals surface area contributed by atoms with E-state index < -0.39 is 0 Å². The fourth-order valence-electron chi connectivity index (χ4n) is 2.33. The summed E-state index contributed by atoms with van der Waals surface area (Å²) >= 11 is 1.73. The van der Waals surface area contributed by atoms with Crippen molar-refractivity contribution in [3.63, 3.8) is 0 Å². The van der Waals surface area contributed by atoms with Crippen LogP contribution in [-0.4, -0.2) is 29.3 Å². The van der Waals surface area contributed by atoms with E-state index in [1.165, 1.54) is 10.3 Å². The number of aliphatic hydroxyl groups excluding tert-OH is 1. The summed E-state index contributed by atoms with van der Waals surface area (Å²) in [6, 6.07) is 6.37. The van der Waals surface area contributed by atoms with Crippen molar-refractivity contribution in [2.75, 3.05) is 18.0 Å². The molecule has 3 nitrogen and oxygen atoms in total. The van der Waals surface area contributed by atoms with E-state index in [1.807, 2.05) is 0 Å². The van der Waals surface area contributed by atoms with Crippen molar-refractivity contribution in [2.45, 2.75) is 25.9 Å². The van der Waals surface area contributed by atoms with Gasteiger partial charge in [0.15, 0.2) is 5.13 Å². The van der Waals surface area contributed by atoms with Gasteiger partial charge in [-0.25, -0.2) is 4.98 Å². The van der Waals surface area contributed by atoms with Crippen LogP contribution >= 0.6 is 11.3 Å². The molecule has 0 saturated carbocycles. The quantitative estimate of drug-likeness (QED) is 0.886. The van der Waals surface area contributed by atoms with Crippen LogP contribution in [0.25, 0.3) is 10.2 Å². The van der Waals surface area contributed by atoms with Gasteiger partial charge in [0.25, 0.3) is 0 Å². The zero-order valence-electron chi connectivity index (χ0n) is 9.89. The number of anilines is 1. The fraction of sp³-hybridized carbons (Fsp3) is 0.462. The number of thiazole rings is 1. The van der Waals surface area contributed by atoms with Crippen molar-refractivity contribution in [1.29, 1.82) is 0 Å². The Labute approximate surface area is 105 Å². The first-order chi connectivity index (χ1) is 8.28. The van der Waals surface area contributed by atoms with E-state index in [9.17, 15) is 5.11 Å². The Morgan fingerprint density at radius 3 is 3.12 bits per heavy atom. The van der Waals surface area contributed by atoms with Gasteiger partial charge in [0.2, 0.25) is 0 Å². The van der Waals surface area contributed by atoms with Crippen LogP contribution in [0.15, 0.2) is 18.2 Å². The number of aliphatic hydroxyl groups is 1. The molecular weight excluding hydrogens is 232 g/mol. The van der Waals surface area contributed by atoms with Gasteiger partial charge < -0.3 is 10.0 Å². The van der Waals surface area contributed by atoms with Gasteiger partial charge in [-0.2, -0.15) is 0 Å². The first-order valence-corrected chi connectivity index (χ1v) is 6.91. The van der Waals surface area contributed by atoms with Crippen LogP contribution in [0, 0.1) is 0 Å². The van der Waals surface area contributed by atoms with Gasteiger partial charge in [-0.05, 0) is 24.5 Å². The lowest BCUT2D eigenvalue weighted by Gasteiger charge is -2.12. The van der Waals surface area contributed by atoms with Crippen LogP contribution in [0.4, 0.5) is 5.13 Å². The molecule has 0 amide bonds. The molecule has 0 radical (unpaired) electrons. The van der Waals surface area contributed by atoms with E-state index in [-0.39, 0.29) is 6.10 Å². The number of fused-ring (bicyclic) bond motifs is 1. The molecule has 1 fully saturated rings. The molecule has 1 aliphatic rings. The number of rotatable bonds is 2. The molecule has 17 heavy (non-hydrogen) atoms. The molecule has 1 atom stereocenters. The average molecular weight is 248 g/mol. The highest BCUT2D eigenvalue weighted by Crippen LogP contribution is 2.32. The lowest BCUT2D eigenvalue weighted by atomic mass is 10.1. The molecule has 90 valence electrons. The molecule has 0 bridgehead atoms. The lowest BCUT2D eigenvalue weighted by Crippen LogP contribution is -2.20. The molecule has 3 rings (SSSR count). The summed E-state index contributed by atoms with van der Waals surface area (Å²) in [6.07, 6.45) is 1.69. The normalized spacial score (nSPS) is 20.4. The number of hydrogen-bond acceptors (Lipinski definition) is 4. The average Bonchev–Trinajstić information content (AvgIpc) is 2.93. The van der Waals surface area contributed by atoms with Crippen molar-refractivity contribution >= 4 is 26.7 Å². The first kappa shape index (κ1) is 11.0. The summed E-state index contributed by atoms with van der Waals surface area (Å²) in [5.74, 6) is 0. The largest absolute Gasteiger partial charge is 0.391 e. The van der Waals surface area contributed by atoms with E-state index in [1.54, 1.807) is 11.3 Å². The Kier molecular flexibility index (Phi) is 2.76. The third-order valence-electron chi connectivity index (χ3n) is 3.31. The van der Waals surface area contributed by atoms with Crippen LogP contribution < -0.4 is 4.90 Å². The van der Waals surface area contributed by atoms with E-state index in [0.717, 1.165) is 36.6 Å². The maximum Gasteiger partial charge on any atom is 0.186 e. The van der Waals surface area contributed by atoms with Crippen LogP contribution in [0.1, 0.15) is 18.9 Å². The van der Waals surface area contributed by atoms with Crippen molar-refractivity contribution in [3.05, 3.63) is 23.8 Å². The fourth-order valence-corrected chi connectivity index (χ4v) is 3.38. The molecule has 1 aromatic carbocycles. The molecule has 1 aliphatic heterocycles. The summed E-state index contributed by atoms with van der Waals surface area (Å²) in [4.78, 5) is 6.92. The smallest absolute Gasteiger partial charge is 0.186 e. The van der Waals surface area contributed by atoms with Gasteiger partial charge >= 0.3 is 0 Å². The van der Waals surface area contributed by atoms with Crippen molar-refractivity contribution < 1.29 is 5.11 Å². The summed E-state index contributed by atoms with van der Waals surface area (Å²) in [5.41, 5.74) is 2.45. The van der Waals surface area contributed by atoms with Crippen molar-refractivity contribution in [2.24, 2.45) is 0 Å². The minimum atomic E-state index is -0.187. The van der Waals surface area contributed by atoms with Crippen LogP contribution in [0.2, 0.25) is 0 Å². The Balaban J connectivity index is 2.01. The van der Waals surface area contributed by atoms with Crippen LogP contribution in [0.3, 0.4) is 0 Å². The molecule has 4 heteroatoms. The number of benzene rings is 1. The van der Waals surface area contributed by atoms with E-state index in [0.29, 0.717) is 0 Å². The zero-order valence-corrected chi connectivity index (χ0v) is 10.7. The predicted octanol–water partition coefficient (Wildman–Crippen LogP) is 2.43. The van der Waals surface area contributed by atoms with E-state index >= 15 is 0 Å². The second-order valence-corrected chi connectivity index (χ2v) is 5.51. The molecule has 0 spiro atoms. The van der Waals surface area contributed by atoms with Gasteiger partial charge in [-0.1, -0.05) is 30.4 Å². The highest BCUT2D eigenvalue weighted by molar-refractivity contribution is 7.22. The Hall–Kier alpha value is -1.13. The Bertz CT molecular complexity index is 537. The Morgan fingerprint density at radius 2 is 2.41 bits per heavy atom. The summed E-state index contributed by atoms with van der Waals surface area (Å²) < 4.78 is 1.25. The van der Waals surface area contributed by atoms with Gasteiger partial charge in [-0.15, -0.1) is 0 Å². The Morgan fingerprint density at radius 1 is 1.53 bits per heavy atom. The third kappa shape index (κ3) is 1.91. The van der Waals surface area contributed by atoms with Gasteiger partial charge in [0, 0.05) is 13.1 Å². The molecule has 2 heterocycles. The minimum absolute atomic E-state index is 0.187. The molecule has 1 unspecified atom stereocenters. The molecule has 1 saturated heterocycles. The maximum atomic E-state index is 9.57. The predicted molar refractivity (Wildman–Crippen MR) is 71.8 cm³/mol. The molecular formula is C13H16N2OS.